The lowest BCUT2D eigenvalue weighted by Crippen LogP contribution is -2.25. The monoisotopic (exact) mass is 402 g/mol. The van der Waals surface area contributed by atoms with Crippen molar-refractivity contribution in [1.82, 2.24) is 4.98 Å². The molecule has 1 aromatic heterocycles. The Morgan fingerprint density at radius 2 is 1.80 bits per heavy atom. The van der Waals surface area contributed by atoms with Crippen LogP contribution in [0.15, 0.2) is 71.2 Å². The first-order valence-electron chi connectivity index (χ1n) is 9.66. The van der Waals surface area contributed by atoms with Gasteiger partial charge < -0.3 is 14.6 Å². The molecule has 0 bridgehead atoms. The van der Waals surface area contributed by atoms with E-state index in [1.807, 2.05) is 30.1 Å². The van der Waals surface area contributed by atoms with E-state index < -0.39 is 18.1 Å². The number of H-pyrrole nitrogens is 1. The number of fused-ring (bicyclic) bond motifs is 2. The zero-order valence-electron chi connectivity index (χ0n) is 17.1. The first-order chi connectivity index (χ1) is 14.3. The van der Waals surface area contributed by atoms with E-state index in [1.165, 1.54) is 12.1 Å². The average Bonchev–Trinajstić information content (AvgIpc) is 2.92. The normalized spacial score (nSPS) is 16.0. The van der Waals surface area contributed by atoms with Crippen LogP contribution in [-0.2, 0) is 14.9 Å². The molecule has 0 saturated heterocycles. The summed E-state index contributed by atoms with van der Waals surface area (Å²) in [6, 6.07) is 16.2. The van der Waals surface area contributed by atoms with Gasteiger partial charge in [0.2, 0.25) is 5.56 Å². The second kappa shape index (κ2) is 7.30. The molecule has 1 aliphatic heterocycles. The number of benzene rings is 2. The number of nitrogens with zero attached hydrogens (tertiary/aromatic N) is 1. The number of hydrogen-bond acceptors (Lipinski definition) is 5. The number of pyridine rings is 1. The van der Waals surface area contributed by atoms with E-state index in [1.54, 1.807) is 24.3 Å². The fourth-order valence-corrected chi connectivity index (χ4v) is 4.04. The molecule has 0 saturated carbocycles. The number of carbonyl (C=O) groups is 2. The van der Waals surface area contributed by atoms with Crippen molar-refractivity contribution in [1.29, 1.82) is 0 Å². The molecule has 0 aliphatic carbocycles. The van der Waals surface area contributed by atoms with Crippen molar-refractivity contribution >= 4 is 28.3 Å². The van der Waals surface area contributed by atoms with Crippen molar-refractivity contribution < 1.29 is 14.3 Å². The Balaban J connectivity index is 1.54. The van der Waals surface area contributed by atoms with Crippen LogP contribution in [0.25, 0.3) is 10.9 Å². The number of hydrogen-bond donors (Lipinski definition) is 1. The van der Waals surface area contributed by atoms with Crippen LogP contribution < -0.4 is 10.5 Å². The molecule has 0 atom stereocenters. The highest BCUT2D eigenvalue weighted by atomic mass is 16.5. The molecule has 3 aromatic rings. The van der Waals surface area contributed by atoms with Crippen molar-refractivity contribution in [2.24, 2.45) is 0 Å². The number of allylic oxidation sites excluding steroid dienone is 1. The van der Waals surface area contributed by atoms with E-state index >= 15 is 0 Å². The zero-order valence-corrected chi connectivity index (χ0v) is 17.1. The van der Waals surface area contributed by atoms with Crippen LogP contribution in [0.3, 0.4) is 0 Å². The van der Waals surface area contributed by atoms with Gasteiger partial charge in [0.25, 0.3) is 0 Å². The molecular formula is C24H22N2O4. The number of para-hydroxylation sites is 2. The zero-order chi connectivity index (χ0) is 21.5. The second-order valence-electron chi connectivity index (χ2n) is 7.87. The predicted octanol–water partition coefficient (Wildman–Crippen LogP) is 3.57. The first-order valence-corrected chi connectivity index (χ1v) is 9.66. The Bertz CT molecular complexity index is 1250. The molecule has 0 amide bonds. The fourth-order valence-electron chi connectivity index (χ4n) is 4.04. The summed E-state index contributed by atoms with van der Waals surface area (Å²) in [5.41, 5.74) is 2.96. The van der Waals surface area contributed by atoms with Crippen LogP contribution in [0.2, 0.25) is 0 Å². The van der Waals surface area contributed by atoms with Crippen molar-refractivity contribution in [3.8, 4) is 0 Å². The van der Waals surface area contributed by atoms with E-state index in [0.717, 1.165) is 16.9 Å². The largest absolute Gasteiger partial charge is 0.454 e. The summed E-state index contributed by atoms with van der Waals surface area (Å²) < 4.78 is 5.24. The lowest BCUT2D eigenvalue weighted by molar-refractivity contribution is -0.117. The van der Waals surface area contributed by atoms with Gasteiger partial charge in [-0.3, -0.25) is 9.59 Å². The third-order valence-corrected chi connectivity index (χ3v) is 5.55. The van der Waals surface area contributed by atoms with Gasteiger partial charge in [-0.15, -0.1) is 0 Å². The van der Waals surface area contributed by atoms with Gasteiger partial charge in [-0.25, -0.2) is 4.79 Å². The van der Waals surface area contributed by atoms with E-state index in [4.69, 9.17) is 4.74 Å². The molecule has 0 spiro atoms. The lowest BCUT2D eigenvalue weighted by atomic mass is 9.83. The Kier molecular flexibility index (Phi) is 4.78. The Morgan fingerprint density at radius 3 is 2.57 bits per heavy atom. The van der Waals surface area contributed by atoms with E-state index in [0.29, 0.717) is 10.9 Å². The highest BCUT2D eigenvalue weighted by Gasteiger charge is 2.38. The van der Waals surface area contributed by atoms with Gasteiger partial charge in [0.1, 0.15) is 0 Å². The van der Waals surface area contributed by atoms with Crippen molar-refractivity contribution in [2.45, 2.75) is 19.3 Å². The maximum atomic E-state index is 12.6. The van der Waals surface area contributed by atoms with Crippen LogP contribution in [0.1, 0.15) is 29.8 Å². The molecule has 1 N–H and O–H groups in total. The predicted molar refractivity (Wildman–Crippen MR) is 116 cm³/mol. The third kappa shape index (κ3) is 3.30. The summed E-state index contributed by atoms with van der Waals surface area (Å²) >= 11 is 0. The highest BCUT2D eigenvalue weighted by Crippen LogP contribution is 2.46. The maximum Gasteiger partial charge on any atom is 0.339 e. The molecule has 6 nitrogen and oxygen atoms in total. The van der Waals surface area contributed by atoms with Gasteiger partial charge >= 0.3 is 5.97 Å². The molecule has 152 valence electrons. The molecule has 2 aromatic carbocycles. The molecule has 1 aliphatic rings. The number of esters is 1. The number of likely N-dealkylation sites (N-methyl/N-ethyl adjacent to an activating group) is 1. The minimum absolute atomic E-state index is 0.139. The van der Waals surface area contributed by atoms with Gasteiger partial charge in [-0.1, -0.05) is 50.2 Å². The average molecular weight is 402 g/mol. The minimum atomic E-state index is -0.702. The first kappa shape index (κ1) is 19.6. The number of ether oxygens (including phenoxy) is 1. The van der Waals surface area contributed by atoms with Crippen LogP contribution in [0.5, 0.6) is 0 Å². The molecule has 4 rings (SSSR count). The van der Waals surface area contributed by atoms with Crippen molar-refractivity contribution in [3.05, 3.63) is 87.9 Å². The summed E-state index contributed by atoms with van der Waals surface area (Å²) in [6.45, 7) is 3.72. The number of carbonyl (C=O) groups excluding carboxylic acids is 2. The number of rotatable bonds is 4. The van der Waals surface area contributed by atoms with Gasteiger partial charge in [-0.2, -0.15) is 0 Å². The summed E-state index contributed by atoms with van der Waals surface area (Å²) in [4.78, 5) is 41.7. The number of anilines is 1. The Labute approximate surface area is 173 Å². The number of ketones is 1. The smallest absolute Gasteiger partial charge is 0.339 e. The van der Waals surface area contributed by atoms with Gasteiger partial charge in [-0.05, 0) is 17.7 Å². The van der Waals surface area contributed by atoms with Crippen LogP contribution in [0, 0.1) is 0 Å². The molecule has 0 fully saturated rings. The number of aromatic amines is 1. The summed E-state index contributed by atoms with van der Waals surface area (Å²) in [7, 11) is 1.92. The Hall–Kier alpha value is -3.67. The molecule has 2 heterocycles. The van der Waals surface area contributed by atoms with Gasteiger partial charge in [0, 0.05) is 46.9 Å². The highest BCUT2D eigenvalue weighted by molar-refractivity contribution is 6.04. The second-order valence-corrected chi connectivity index (χ2v) is 7.87. The minimum Gasteiger partial charge on any atom is -0.454 e. The molecule has 6 heteroatoms. The van der Waals surface area contributed by atoms with Crippen molar-refractivity contribution in [3.63, 3.8) is 0 Å². The molecule has 0 unspecified atom stereocenters. The van der Waals surface area contributed by atoms with Gasteiger partial charge in [0.15, 0.2) is 12.4 Å². The third-order valence-electron chi connectivity index (χ3n) is 5.55. The fraction of sp³-hybridized carbons (Fsp3) is 0.208. The van der Waals surface area contributed by atoms with Gasteiger partial charge in [0.05, 0.1) is 5.56 Å². The van der Waals surface area contributed by atoms with E-state index in [2.05, 4.69) is 24.9 Å². The van der Waals surface area contributed by atoms with Crippen LogP contribution in [-0.4, -0.2) is 30.4 Å². The van der Waals surface area contributed by atoms with Crippen LogP contribution >= 0.6 is 0 Å². The molecular weight excluding hydrogens is 380 g/mol. The quantitative estimate of drug-likeness (QED) is 0.533. The van der Waals surface area contributed by atoms with Crippen LogP contribution in [0.4, 0.5) is 5.69 Å². The topological polar surface area (TPSA) is 79.5 Å². The standard InChI is InChI=1S/C24H22N2O4/c1-24(2)18-9-5-7-11-20(18)26(3)21(24)12-15(27)14-30-23(29)17-13-22(28)25-19-10-6-4-8-16(17)19/h4-13H,14H2,1-3H3,(H,25,28)/b21-12+. The number of aromatic nitrogens is 1. The Morgan fingerprint density at radius 1 is 1.10 bits per heavy atom. The number of nitrogens with one attached hydrogen (secondary N) is 1. The van der Waals surface area contributed by atoms with E-state index in [9.17, 15) is 14.4 Å². The maximum absolute atomic E-state index is 12.6. The summed E-state index contributed by atoms with van der Waals surface area (Å²) in [6.07, 6.45) is 1.53. The summed E-state index contributed by atoms with van der Waals surface area (Å²) in [5.74, 6) is -1.02. The SMILES string of the molecule is CN1/C(=C/C(=O)COC(=O)c2cc(=O)[nH]c3ccccc23)C(C)(C)c2ccccc21. The van der Waals surface area contributed by atoms with Crippen molar-refractivity contribution in [2.75, 3.05) is 18.6 Å². The summed E-state index contributed by atoms with van der Waals surface area (Å²) in [5, 5.41) is 0.569. The lowest BCUT2D eigenvalue weighted by Gasteiger charge is -2.23. The molecule has 0 radical (unpaired) electrons. The molecule has 30 heavy (non-hydrogen) atoms. The van der Waals surface area contributed by atoms with E-state index in [-0.39, 0.29) is 16.8 Å².